The van der Waals surface area contributed by atoms with Gasteiger partial charge < -0.3 is 45.5 Å². The normalized spacial score (nSPS) is 16.8. The number of benzene rings is 5. The number of amides is 3. The first-order valence-electron chi connectivity index (χ1n) is 23.9. The van der Waals surface area contributed by atoms with Crippen molar-refractivity contribution in [2.24, 2.45) is 11.8 Å². The molecule has 0 aromatic heterocycles. The number of hydrogen-bond donors (Lipinski definition) is 6. The second-order valence-electron chi connectivity index (χ2n) is 18.5. The smallest absolute Gasteiger partial charge is 0.407 e. The van der Waals surface area contributed by atoms with E-state index in [0.717, 1.165) is 54.4 Å². The van der Waals surface area contributed by atoms with Crippen LogP contribution in [0.25, 0.3) is 34.6 Å². The Morgan fingerprint density at radius 3 is 1.70 bits per heavy atom. The number of alkyl carbamates (subject to hydrolysis) is 3. The molecule has 3 aliphatic carbocycles. The van der Waals surface area contributed by atoms with Gasteiger partial charge in [0.2, 0.25) is 0 Å². The van der Waals surface area contributed by atoms with Gasteiger partial charge in [-0.2, -0.15) is 0 Å². The van der Waals surface area contributed by atoms with Gasteiger partial charge in [-0.3, -0.25) is 4.79 Å². The van der Waals surface area contributed by atoms with E-state index in [1.165, 1.54) is 12.3 Å². The number of halogens is 1. The minimum absolute atomic E-state index is 0.0134. The van der Waals surface area contributed by atoms with Gasteiger partial charge in [-0.25, -0.2) is 24.0 Å². The molecule has 0 bridgehead atoms. The average Bonchev–Trinajstić information content (AvgIpc) is 4.04. The Balaban J connectivity index is 0.000000179. The fraction of sp³-hybridized carbons (Fsp3) is 0.298. The Bertz CT molecular complexity index is 2900. The molecule has 16 heteroatoms. The first kappa shape index (κ1) is 54.6. The van der Waals surface area contributed by atoms with E-state index in [1.807, 2.05) is 129 Å². The van der Waals surface area contributed by atoms with Gasteiger partial charge in [-0.15, -0.1) is 0 Å². The molecule has 0 radical (unpaired) electrons. The third kappa shape index (κ3) is 14.9. The molecular formula is C57H60BrN3O12. The first-order valence-corrected chi connectivity index (χ1v) is 24.7. The molecule has 15 nitrogen and oxygen atoms in total. The Morgan fingerprint density at radius 2 is 1.10 bits per heavy atom. The van der Waals surface area contributed by atoms with Crippen molar-refractivity contribution in [2.45, 2.75) is 76.9 Å². The van der Waals surface area contributed by atoms with Crippen LogP contribution in [-0.4, -0.2) is 89.5 Å². The largest absolute Gasteiger partial charge is 0.480 e. The maximum atomic E-state index is 12.2. The van der Waals surface area contributed by atoms with Gasteiger partial charge in [-0.1, -0.05) is 165 Å². The quantitative estimate of drug-likeness (QED) is 0.0508. The lowest BCUT2D eigenvalue weighted by Crippen LogP contribution is -2.44. The lowest BCUT2D eigenvalue weighted by Gasteiger charge is -2.20. The Hall–Kier alpha value is -7.72. The van der Waals surface area contributed by atoms with Crippen LogP contribution >= 0.6 is 15.9 Å². The van der Waals surface area contributed by atoms with Crippen LogP contribution in [0.15, 0.2) is 126 Å². The monoisotopic (exact) mass is 1060 g/mol. The molecule has 73 heavy (non-hydrogen) atoms. The zero-order valence-corrected chi connectivity index (χ0v) is 42.7. The number of aliphatic carboxylic acids is 3. The van der Waals surface area contributed by atoms with Gasteiger partial charge in [-0.05, 0) is 98.7 Å². The van der Waals surface area contributed by atoms with Crippen LogP contribution in [0.5, 0.6) is 0 Å². The highest BCUT2D eigenvalue weighted by atomic mass is 79.9. The predicted molar refractivity (Wildman–Crippen MR) is 283 cm³/mol. The summed E-state index contributed by atoms with van der Waals surface area (Å²) in [4.78, 5) is 68.8. The van der Waals surface area contributed by atoms with E-state index in [9.17, 15) is 33.9 Å². The van der Waals surface area contributed by atoms with Crippen LogP contribution in [0.3, 0.4) is 0 Å². The highest BCUT2D eigenvalue weighted by molar-refractivity contribution is 9.11. The second-order valence-corrected chi connectivity index (χ2v) is 19.4. The Morgan fingerprint density at radius 1 is 0.562 bits per heavy atom. The standard InChI is InChI=1S/C22H23NO4.C18H17NO4.C17H20BrNO4/c1-14(2)20(21(24)25)23-22(26)27-13-19-17-11-7-6-10-16(17)12-18(19)15-8-4-3-5-9-15;1-11(17(20)21)19-18(22)23-10-15-7-6-14-8-12-4-2-3-5-13(12)9-16(14)15;1-10(2)7-15(16(20)21)19-17(22)23-9-13-12-6-4-3-5-11(12)8-14(13)18/h3-12,14,19-20H,13H2,1-2H3,(H,23,26)(H,24,25);2-9,11,15H,10H2,1H3,(H,19,22)(H,20,21);3-6,8,10,13,15H,7,9H2,1-2H3,(H,19,22)(H,20,21)/t19?,20-;11-,15?;13?,15-/m000/s1. The number of carboxylic acids is 3. The summed E-state index contributed by atoms with van der Waals surface area (Å²) in [7, 11) is 0. The maximum Gasteiger partial charge on any atom is 0.407 e. The van der Waals surface area contributed by atoms with Gasteiger partial charge in [0.25, 0.3) is 0 Å². The summed E-state index contributed by atoms with van der Waals surface area (Å²) in [6, 6.07) is 35.3. The summed E-state index contributed by atoms with van der Waals surface area (Å²) in [6.07, 6.45) is 6.36. The van der Waals surface area contributed by atoms with Crippen LogP contribution in [0.2, 0.25) is 0 Å². The fourth-order valence-electron chi connectivity index (χ4n) is 8.55. The highest BCUT2D eigenvalue weighted by Gasteiger charge is 2.30. The summed E-state index contributed by atoms with van der Waals surface area (Å²) >= 11 is 3.50. The van der Waals surface area contributed by atoms with Crippen molar-refractivity contribution in [1.29, 1.82) is 0 Å². The molecule has 0 fully saturated rings. The number of rotatable bonds is 16. The minimum Gasteiger partial charge on any atom is -0.480 e. The molecule has 8 rings (SSSR count). The van der Waals surface area contributed by atoms with Gasteiger partial charge >= 0.3 is 36.2 Å². The van der Waals surface area contributed by atoms with E-state index in [2.05, 4.69) is 56.2 Å². The minimum atomic E-state index is -1.10. The van der Waals surface area contributed by atoms with Gasteiger partial charge in [0.15, 0.2) is 0 Å². The summed E-state index contributed by atoms with van der Waals surface area (Å²) in [6.45, 7) is 9.16. The zero-order valence-electron chi connectivity index (χ0n) is 41.1. The van der Waals surface area contributed by atoms with Crippen molar-refractivity contribution in [3.05, 3.63) is 165 Å². The van der Waals surface area contributed by atoms with Crippen molar-refractivity contribution in [3.8, 4) is 0 Å². The number of hydrogen-bond acceptors (Lipinski definition) is 9. The fourth-order valence-corrected chi connectivity index (χ4v) is 9.17. The molecule has 0 spiro atoms. The molecule has 0 aliphatic heterocycles. The molecule has 3 unspecified atom stereocenters. The zero-order chi connectivity index (χ0) is 52.8. The van der Waals surface area contributed by atoms with Crippen LogP contribution < -0.4 is 16.0 Å². The number of carbonyl (C=O) groups is 6. The Kier molecular flexibility index (Phi) is 19.1. The van der Waals surface area contributed by atoms with Crippen molar-refractivity contribution >= 4 is 86.7 Å². The molecule has 3 aliphatic rings. The van der Waals surface area contributed by atoms with Crippen LogP contribution in [-0.2, 0) is 28.6 Å². The van der Waals surface area contributed by atoms with Crippen LogP contribution in [0.1, 0.15) is 97.7 Å². The maximum absolute atomic E-state index is 12.2. The first-order chi connectivity index (χ1) is 34.9. The molecule has 5 aromatic carbocycles. The van der Waals surface area contributed by atoms with E-state index >= 15 is 0 Å². The predicted octanol–water partition coefficient (Wildman–Crippen LogP) is 11.1. The summed E-state index contributed by atoms with van der Waals surface area (Å²) < 4.78 is 16.7. The SMILES string of the molecule is CC(C)C[C@H](NC(=O)OCC1C(Br)=Cc2ccccc21)C(=O)O.CC(C)[C@H](NC(=O)OCC1C(c2ccccc2)=Cc2ccccc21)C(=O)O.C[C@H](NC(=O)OCC1C=Cc2cc3ccccc3cc21)C(=O)O. The molecule has 5 aromatic rings. The average molecular weight is 1060 g/mol. The van der Waals surface area contributed by atoms with E-state index in [-0.39, 0.29) is 49.4 Å². The van der Waals surface area contributed by atoms with Gasteiger partial charge in [0, 0.05) is 16.3 Å². The lowest BCUT2D eigenvalue weighted by atomic mass is 9.92. The van der Waals surface area contributed by atoms with E-state index in [4.69, 9.17) is 24.4 Å². The molecule has 6 N–H and O–H groups in total. The second kappa shape index (κ2) is 25.6. The lowest BCUT2D eigenvalue weighted by molar-refractivity contribution is -0.141. The van der Waals surface area contributed by atoms with Gasteiger partial charge in [0.1, 0.15) is 37.9 Å². The van der Waals surface area contributed by atoms with Crippen LogP contribution in [0.4, 0.5) is 14.4 Å². The number of fused-ring (bicyclic) bond motifs is 4. The third-order valence-electron chi connectivity index (χ3n) is 12.4. The number of carboxylic acid groups (broad SMARTS) is 3. The third-order valence-corrected chi connectivity index (χ3v) is 13.2. The topological polar surface area (TPSA) is 227 Å². The van der Waals surface area contributed by atoms with E-state index < -0.39 is 54.3 Å². The van der Waals surface area contributed by atoms with Crippen molar-refractivity contribution in [3.63, 3.8) is 0 Å². The molecule has 6 atom stereocenters. The molecule has 0 heterocycles. The molecule has 0 saturated heterocycles. The molecule has 382 valence electrons. The van der Waals surface area contributed by atoms with Crippen molar-refractivity contribution in [2.75, 3.05) is 19.8 Å². The number of nitrogens with one attached hydrogen (secondary N) is 3. The summed E-state index contributed by atoms with van der Waals surface area (Å²) in [5, 5.41) is 36.5. The number of ether oxygens (including phenoxy) is 3. The van der Waals surface area contributed by atoms with Crippen molar-refractivity contribution in [1.82, 2.24) is 16.0 Å². The van der Waals surface area contributed by atoms with Gasteiger partial charge in [0.05, 0.1) is 5.92 Å². The molecular weight excluding hydrogens is 999 g/mol. The summed E-state index contributed by atoms with van der Waals surface area (Å²) in [5.74, 6) is -3.44. The number of carbonyl (C=O) groups excluding carboxylic acids is 3. The summed E-state index contributed by atoms with van der Waals surface area (Å²) in [5.41, 5.74) is 8.79. The van der Waals surface area contributed by atoms with Crippen LogP contribution in [0, 0.1) is 11.8 Å². The molecule has 0 saturated carbocycles. The van der Waals surface area contributed by atoms with Crippen molar-refractivity contribution < 1.29 is 58.3 Å². The van der Waals surface area contributed by atoms with E-state index in [0.29, 0.717) is 6.42 Å². The van der Waals surface area contributed by atoms with E-state index in [1.54, 1.807) is 13.8 Å². The Labute approximate surface area is 432 Å². The molecule has 3 amide bonds. The highest BCUT2D eigenvalue weighted by Crippen LogP contribution is 2.42.